The Kier molecular flexibility index (Phi) is 5.11. The number of benzene rings is 2. The molecule has 1 fully saturated rings. The van der Waals surface area contributed by atoms with E-state index in [1.165, 1.54) is 12.1 Å². The van der Waals surface area contributed by atoms with Gasteiger partial charge in [0.25, 0.3) is 5.91 Å². The second-order valence-electron chi connectivity index (χ2n) is 7.59. The molecule has 0 bridgehead atoms. The zero-order valence-electron chi connectivity index (χ0n) is 16.3. The lowest BCUT2D eigenvalue weighted by Crippen LogP contribution is -2.33. The quantitative estimate of drug-likeness (QED) is 0.642. The number of primary amides is 1. The van der Waals surface area contributed by atoms with Gasteiger partial charge in [0.15, 0.2) is 0 Å². The van der Waals surface area contributed by atoms with E-state index in [0.717, 1.165) is 48.0 Å². The molecule has 148 valence electrons. The second-order valence-corrected chi connectivity index (χ2v) is 7.59. The molecule has 0 aliphatic carbocycles. The van der Waals surface area contributed by atoms with Crippen LogP contribution in [0.2, 0.25) is 0 Å². The van der Waals surface area contributed by atoms with Crippen LogP contribution < -0.4 is 5.73 Å². The fourth-order valence-corrected chi connectivity index (χ4v) is 4.11. The van der Waals surface area contributed by atoms with Crippen molar-refractivity contribution in [1.82, 2.24) is 9.88 Å². The molecule has 2 heterocycles. The lowest BCUT2D eigenvalue weighted by atomic mass is 9.98. The van der Waals surface area contributed by atoms with E-state index < -0.39 is 5.91 Å². The molecule has 3 N–H and O–H groups in total. The van der Waals surface area contributed by atoms with Crippen LogP contribution in [0.25, 0.3) is 22.0 Å². The lowest BCUT2D eigenvalue weighted by molar-refractivity contribution is 0.0996. The minimum Gasteiger partial charge on any atom is -0.364 e. The van der Waals surface area contributed by atoms with Crippen LogP contribution in [0.1, 0.15) is 35.8 Å². The number of nitrogens with one attached hydrogen (secondary N) is 1. The molecule has 29 heavy (non-hydrogen) atoms. The van der Waals surface area contributed by atoms with Gasteiger partial charge in [-0.25, -0.2) is 9.37 Å². The maximum Gasteiger partial charge on any atom is 0.267 e. The minimum absolute atomic E-state index is 0.184. The van der Waals surface area contributed by atoms with E-state index in [-0.39, 0.29) is 17.6 Å². The third-order valence-electron chi connectivity index (χ3n) is 5.53. The summed E-state index contributed by atoms with van der Waals surface area (Å²) in [6.07, 6.45) is 2.11. The number of pyridine rings is 1. The summed E-state index contributed by atoms with van der Waals surface area (Å²) in [6, 6.07) is 14.0. The van der Waals surface area contributed by atoms with Crippen LogP contribution >= 0.6 is 0 Å². The molecule has 1 aliphatic rings. The van der Waals surface area contributed by atoms with Gasteiger partial charge in [0.2, 0.25) is 0 Å². The number of hydrogen-bond acceptors (Lipinski definition) is 4. The highest BCUT2D eigenvalue weighted by atomic mass is 19.1. The Labute approximate surface area is 168 Å². The van der Waals surface area contributed by atoms with Gasteiger partial charge in [0.1, 0.15) is 11.5 Å². The molecule has 0 saturated carbocycles. The van der Waals surface area contributed by atoms with Gasteiger partial charge in [0.05, 0.1) is 5.52 Å². The normalized spacial score (nSPS) is 17.0. The maximum absolute atomic E-state index is 13.4. The zero-order valence-corrected chi connectivity index (χ0v) is 16.3. The van der Waals surface area contributed by atoms with Crippen molar-refractivity contribution >= 4 is 22.5 Å². The number of carbonyl (C=O) groups is 1. The fourth-order valence-electron chi connectivity index (χ4n) is 4.11. The predicted molar refractivity (Wildman–Crippen MR) is 112 cm³/mol. The van der Waals surface area contributed by atoms with Crippen LogP contribution in [-0.4, -0.2) is 34.1 Å². The number of amides is 1. The zero-order chi connectivity index (χ0) is 20.5. The van der Waals surface area contributed by atoms with E-state index in [9.17, 15) is 9.18 Å². The third-order valence-corrected chi connectivity index (χ3v) is 5.53. The molecular formula is C23H23FN4O. The van der Waals surface area contributed by atoms with E-state index in [1.54, 1.807) is 18.2 Å². The van der Waals surface area contributed by atoms with Crippen LogP contribution in [0.3, 0.4) is 0 Å². The molecule has 1 atom stereocenters. The van der Waals surface area contributed by atoms with E-state index in [1.807, 2.05) is 19.1 Å². The van der Waals surface area contributed by atoms with Crippen molar-refractivity contribution in [2.24, 2.45) is 5.73 Å². The topological polar surface area (TPSA) is 83.1 Å². The summed E-state index contributed by atoms with van der Waals surface area (Å²) in [6.45, 7) is 3.55. The molecule has 4 rings (SSSR count). The number of halogens is 1. The van der Waals surface area contributed by atoms with Crippen molar-refractivity contribution in [1.29, 1.82) is 5.41 Å². The molecule has 1 saturated heterocycles. The average Bonchev–Trinajstić information content (AvgIpc) is 3.16. The highest BCUT2D eigenvalue weighted by Gasteiger charge is 2.26. The van der Waals surface area contributed by atoms with Crippen molar-refractivity contribution in [3.8, 4) is 11.1 Å². The van der Waals surface area contributed by atoms with Gasteiger partial charge in [-0.2, -0.15) is 0 Å². The summed E-state index contributed by atoms with van der Waals surface area (Å²) in [7, 11) is 0. The molecule has 3 aromatic rings. The van der Waals surface area contributed by atoms with Gasteiger partial charge in [-0.05, 0) is 67.3 Å². The molecular weight excluding hydrogens is 367 g/mol. The average molecular weight is 390 g/mol. The molecule has 2 aromatic carbocycles. The van der Waals surface area contributed by atoms with Crippen molar-refractivity contribution < 1.29 is 9.18 Å². The van der Waals surface area contributed by atoms with Gasteiger partial charge < -0.3 is 11.1 Å². The van der Waals surface area contributed by atoms with Gasteiger partial charge >= 0.3 is 0 Å². The number of rotatable bonds is 5. The third kappa shape index (κ3) is 3.89. The van der Waals surface area contributed by atoms with Crippen molar-refractivity contribution in [2.45, 2.75) is 32.4 Å². The highest BCUT2D eigenvalue weighted by Crippen LogP contribution is 2.30. The number of nitrogens with two attached hydrogens (primary N) is 1. The number of likely N-dealkylation sites (tertiary alicyclic amines) is 1. The summed E-state index contributed by atoms with van der Waals surface area (Å²) < 4.78 is 13.4. The Morgan fingerprint density at radius 1 is 1.24 bits per heavy atom. The van der Waals surface area contributed by atoms with Crippen LogP contribution in [0.5, 0.6) is 0 Å². The summed E-state index contributed by atoms with van der Waals surface area (Å²) in [5.74, 6) is -0.911. The summed E-state index contributed by atoms with van der Waals surface area (Å²) in [5.41, 5.74) is 9.73. The van der Waals surface area contributed by atoms with Crippen LogP contribution in [0, 0.1) is 11.2 Å². The number of nitrogens with zero attached hydrogens (tertiary/aromatic N) is 2. The minimum atomic E-state index is -0.597. The Balaban J connectivity index is 1.77. The molecule has 0 spiro atoms. The van der Waals surface area contributed by atoms with Gasteiger partial charge in [-0.15, -0.1) is 0 Å². The van der Waals surface area contributed by atoms with Gasteiger partial charge in [-0.1, -0.05) is 24.3 Å². The first kappa shape index (κ1) is 19.2. The largest absolute Gasteiger partial charge is 0.364 e. The Morgan fingerprint density at radius 3 is 2.69 bits per heavy atom. The molecule has 0 unspecified atom stereocenters. The summed E-state index contributed by atoms with van der Waals surface area (Å²) in [4.78, 5) is 18.6. The number of hydrogen-bond donors (Lipinski definition) is 2. The van der Waals surface area contributed by atoms with Crippen molar-refractivity contribution in [2.75, 3.05) is 6.54 Å². The fraction of sp³-hybridized carbons (Fsp3) is 0.261. The SMILES string of the molecule is CC(=N)[C@@H]1CCCN1Cc1ccc2c(-c3ccc(F)cc3)cc(C(N)=O)nc2c1. The Morgan fingerprint density at radius 2 is 2.00 bits per heavy atom. The molecule has 1 amide bonds. The molecule has 1 aromatic heterocycles. The standard InChI is InChI=1S/C23H23FN4O/c1-14(25)22-3-2-10-28(22)13-15-4-9-18-19(16-5-7-17(24)8-6-16)12-21(23(26)29)27-20(18)11-15/h4-9,11-12,22,25H,2-3,10,13H2,1H3,(H2,26,29)/t22-/m0/s1. The van der Waals surface area contributed by atoms with Gasteiger partial charge in [-0.3, -0.25) is 9.69 Å². The summed E-state index contributed by atoms with van der Waals surface area (Å²) in [5, 5.41) is 8.88. The Bertz CT molecular complexity index is 1090. The number of fused-ring (bicyclic) bond motifs is 1. The first-order valence-corrected chi connectivity index (χ1v) is 9.71. The summed E-state index contributed by atoms with van der Waals surface area (Å²) >= 11 is 0. The van der Waals surface area contributed by atoms with Crippen LogP contribution in [-0.2, 0) is 6.54 Å². The number of aromatic nitrogens is 1. The molecule has 6 heteroatoms. The van der Waals surface area contributed by atoms with Crippen molar-refractivity contribution in [3.63, 3.8) is 0 Å². The highest BCUT2D eigenvalue weighted by molar-refractivity contribution is 6.00. The monoisotopic (exact) mass is 390 g/mol. The van der Waals surface area contributed by atoms with E-state index in [2.05, 4.69) is 16.0 Å². The smallest absolute Gasteiger partial charge is 0.267 e. The second kappa shape index (κ2) is 7.72. The van der Waals surface area contributed by atoms with Crippen molar-refractivity contribution in [3.05, 3.63) is 65.6 Å². The molecule has 1 aliphatic heterocycles. The molecule has 5 nitrogen and oxygen atoms in total. The van der Waals surface area contributed by atoms with Gasteiger partial charge in [0, 0.05) is 23.7 Å². The Hall–Kier alpha value is -3.12. The number of carbonyl (C=O) groups excluding carboxylic acids is 1. The molecule has 0 radical (unpaired) electrons. The maximum atomic E-state index is 13.4. The van der Waals surface area contributed by atoms with E-state index in [0.29, 0.717) is 11.2 Å². The first-order valence-electron chi connectivity index (χ1n) is 9.71. The van der Waals surface area contributed by atoms with E-state index >= 15 is 0 Å². The van der Waals surface area contributed by atoms with E-state index in [4.69, 9.17) is 11.1 Å². The lowest BCUT2D eigenvalue weighted by Gasteiger charge is -2.24. The predicted octanol–water partition coefficient (Wildman–Crippen LogP) is 4.14. The van der Waals surface area contributed by atoms with Crippen LogP contribution in [0.4, 0.5) is 4.39 Å². The van der Waals surface area contributed by atoms with Crippen LogP contribution in [0.15, 0.2) is 48.5 Å². The first-order chi connectivity index (χ1) is 13.9.